The van der Waals surface area contributed by atoms with Gasteiger partial charge in [-0.15, -0.1) is 0 Å². The molecule has 11 heteroatoms. The molecule has 1 fully saturated rings. The Balaban J connectivity index is 1.50. The molecule has 2 heterocycles. The molecule has 1 atom stereocenters. The molecule has 0 aliphatic heterocycles. The highest BCUT2D eigenvalue weighted by Crippen LogP contribution is 2.40. The Morgan fingerprint density at radius 1 is 1.17 bits per heavy atom. The Morgan fingerprint density at radius 3 is 2.51 bits per heavy atom. The maximum absolute atomic E-state index is 13.0. The van der Waals surface area contributed by atoms with E-state index in [-0.39, 0.29) is 11.6 Å². The number of halogens is 3. The summed E-state index contributed by atoms with van der Waals surface area (Å²) in [6.07, 6.45) is 2.66. The molecular formula is C24H23Cl3N4O4. The van der Waals surface area contributed by atoms with Crippen LogP contribution in [0, 0.1) is 6.92 Å². The summed E-state index contributed by atoms with van der Waals surface area (Å²) in [6, 6.07) is 6.06. The number of benzene rings is 1. The number of pyridine rings is 1. The van der Waals surface area contributed by atoms with Gasteiger partial charge in [0.05, 0.1) is 28.4 Å². The number of rotatable bonds is 8. The predicted octanol–water partition coefficient (Wildman–Crippen LogP) is 5.54. The highest BCUT2D eigenvalue weighted by Gasteiger charge is 2.52. The van der Waals surface area contributed by atoms with E-state index in [9.17, 15) is 9.59 Å². The molecule has 3 aromatic rings. The van der Waals surface area contributed by atoms with Crippen LogP contribution in [0.15, 0.2) is 35.0 Å². The third-order valence-electron chi connectivity index (χ3n) is 5.63. The van der Waals surface area contributed by atoms with Gasteiger partial charge in [-0.2, -0.15) is 0 Å². The summed E-state index contributed by atoms with van der Waals surface area (Å²) in [4.78, 5) is 29.9. The molecule has 2 amide bonds. The first kappa shape index (κ1) is 25.3. The SMILES string of the molecule is CCOc1c(Cl)cc(Cl)cc1-c1cnc([C@@H](C)NC(=O)C2(NC(=O)c3cc(C)on3)CC2)c(Cl)c1. The van der Waals surface area contributed by atoms with E-state index in [1.165, 1.54) is 6.07 Å². The van der Waals surface area contributed by atoms with Crippen LogP contribution in [-0.4, -0.2) is 34.1 Å². The summed E-state index contributed by atoms with van der Waals surface area (Å²) in [5, 5.41) is 10.5. The van der Waals surface area contributed by atoms with E-state index in [1.54, 1.807) is 38.2 Å². The lowest BCUT2D eigenvalue weighted by atomic mass is 10.0. The van der Waals surface area contributed by atoms with Crippen molar-refractivity contribution in [3.05, 3.63) is 62.7 Å². The van der Waals surface area contributed by atoms with Crippen molar-refractivity contribution < 1.29 is 18.8 Å². The monoisotopic (exact) mass is 536 g/mol. The smallest absolute Gasteiger partial charge is 0.274 e. The quantitative estimate of drug-likeness (QED) is 0.390. The van der Waals surface area contributed by atoms with Crippen LogP contribution in [0.2, 0.25) is 15.1 Å². The van der Waals surface area contributed by atoms with E-state index in [0.29, 0.717) is 62.8 Å². The first-order chi connectivity index (χ1) is 16.6. The average molecular weight is 538 g/mol. The lowest BCUT2D eigenvalue weighted by Gasteiger charge is -2.21. The fourth-order valence-electron chi connectivity index (χ4n) is 3.67. The van der Waals surface area contributed by atoms with Crippen LogP contribution >= 0.6 is 34.8 Å². The molecule has 184 valence electrons. The topological polar surface area (TPSA) is 106 Å². The number of aryl methyl sites for hydroxylation is 1. The number of amides is 2. The molecule has 1 aliphatic carbocycles. The van der Waals surface area contributed by atoms with E-state index >= 15 is 0 Å². The summed E-state index contributed by atoms with van der Waals surface area (Å²) < 4.78 is 10.6. The van der Waals surface area contributed by atoms with Crippen LogP contribution in [0.25, 0.3) is 11.1 Å². The summed E-state index contributed by atoms with van der Waals surface area (Å²) in [7, 11) is 0. The number of carbonyl (C=O) groups excluding carboxylic acids is 2. The standard InChI is InChI=1S/C24H23Cl3N4O4/c1-4-34-21-16(9-15(25)10-18(21)27)14-8-17(26)20(28-11-14)13(3)29-23(33)24(5-6-24)30-22(32)19-7-12(2)35-31-19/h7-11,13H,4-6H2,1-3H3,(H,29,33)(H,30,32)/t13-/m1/s1. The van der Waals surface area contributed by atoms with E-state index < -0.39 is 17.5 Å². The molecule has 8 nitrogen and oxygen atoms in total. The van der Waals surface area contributed by atoms with Crippen LogP contribution in [0.3, 0.4) is 0 Å². The number of ether oxygens (including phenoxy) is 1. The Hall–Kier alpha value is -2.81. The van der Waals surface area contributed by atoms with Crippen LogP contribution in [0.4, 0.5) is 0 Å². The lowest BCUT2D eigenvalue weighted by molar-refractivity contribution is -0.124. The maximum Gasteiger partial charge on any atom is 0.274 e. The van der Waals surface area contributed by atoms with Gasteiger partial charge in [0.15, 0.2) is 5.69 Å². The van der Waals surface area contributed by atoms with Crippen molar-refractivity contribution in [3.8, 4) is 16.9 Å². The minimum Gasteiger partial charge on any atom is -0.492 e. The van der Waals surface area contributed by atoms with Crippen molar-refractivity contribution in [2.45, 2.75) is 45.2 Å². The second-order valence-electron chi connectivity index (χ2n) is 8.34. The van der Waals surface area contributed by atoms with Crippen molar-refractivity contribution in [1.82, 2.24) is 20.8 Å². The van der Waals surface area contributed by atoms with E-state index in [1.807, 2.05) is 6.92 Å². The number of carbonyl (C=O) groups is 2. The van der Waals surface area contributed by atoms with Crippen molar-refractivity contribution in [2.75, 3.05) is 6.61 Å². The molecule has 0 unspecified atom stereocenters. The van der Waals surface area contributed by atoms with Gasteiger partial charge in [-0.05, 0) is 51.8 Å². The fraction of sp³-hybridized carbons (Fsp3) is 0.333. The highest BCUT2D eigenvalue weighted by atomic mass is 35.5. The van der Waals surface area contributed by atoms with Crippen molar-refractivity contribution in [2.24, 2.45) is 0 Å². The van der Waals surface area contributed by atoms with Gasteiger partial charge >= 0.3 is 0 Å². The fourth-order valence-corrected chi connectivity index (χ4v) is 4.55. The van der Waals surface area contributed by atoms with Gasteiger partial charge in [-0.25, -0.2) is 0 Å². The third-order valence-corrected chi connectivity index (χ3v) is 6.44. The van der Waals surface area contributed by atoms with Gasteiger partial charge in [0, 0.05) is 28.4 Å². The van der Waals surface area contributed by atoms with Crippen molar-refractivity contribution in [3.63, 3.8) is 0 Å². The number of hydrogen-bond acceptors (Lipinski definition) is 6. The zero-order valence-electron chi connectivity index (χ0n) is 19.2. The summed E-state index contributed by atoms with van der Waals surface area (Å²) in [6.45, 7) is 5.73. The minimum atomic E-state index is -0.992. The zero-order chi connectivity index (χ0) is 25.3. The summed E-state index contributed by atoms with van der Waals surface area (Å²) in [5.74, 6) is 0.212. The normalized spacial score (nSPS) is 14.8. The Bertz CT molecular complexity index is 1290. The number of aromatic nitrogens is 2. The van der Waals surface area contributed by atoms with E-state index in [2.05, 4.69) is 20.8 Å². The molecule has 0 saturated heterocycles. The van der Waals surface area contributed by atoms with Gasteiger partial charge < -0.3 is 19.9 Å². The molecule has 1 aromatic carbocycles. The molecule has 0 bridgehead atoms. The number of nitrogens with zero attached hydrogens (tertiary/aromatic N) is 2. The number of hydrogen-bond donors (Lipinski definition) is 2. The zero-order valence-corrected chi connectivity index (χ0v) is 21.5. The van der Waals surface area contributed by atoms with Gasteiger partial charge in [-0.3, -0.25) is 14.6 Å². The number of nitrogens with one attached hydrogen (secondary N) is 2. The molecule has 35 heavy (non-hydrogen) atoms. The molecule has 2 aromatic heterocycles. The van der Waals surface area contributed by atoms with Crippen molar-refractivity contribution in [1.29, 1.82) is 0 Å². The lowest BCUT2D eigenvalue weighted by Crippen LogP contribution is -2.49. The van der Waals surface area contributed by atoms with Gasteiger partial charge in [0.1, 0.15) is 17.0 Å². The Labute approximate surface area is 217 Å². The van der Waals surface area contributed by atoms with Crippen LogP contribution < -0.4 is 15.4 Å². The maximum atomic E-state index is 13.0. The molecule has 0 radical (unpaired) electrons. The van der Waals surface area contributed by atoms with Crippen molar-refractivity contribution >= 4 is 46.6 Å². The summed E-state index contributed by atoms with van der Waals surface area (Å²) in [5.41, 5.74) is 0.935. The van der Waals surface area contributed by atoms with Gasteiger partial charge in [0.2, 0.25) is 5.91 Å². The van der Waals surface area contributed by atoms with Crippen LogP contribution in [-0.2, 0) is 4.79 Å². The first-order valence-corrected chi connectivity index (χ1v) is 12.1. The molecule has 0 spiro atoms. The molecule has 1 saturated carbocycles. The van der Waals surface area contributed by atoms with Gasteiger partial charge in [-0.1, -0.05) is 40.0 Å². The molecule has 1 aliphatic rings. The summed E-state index contributed by atoms with van der Waals surface area (Å²) >= 11 is 19.1. The molecular weight excluding hydrogens is 515 g/mol. The molecule has 2 N–H and O–H groups in total. The second kappa shape index (κ2) is 10.0. The third kappa shape index (κ3) is 5.39. The van der Waals surface area contributed by atoms with Gasteiger partial charge in [0.25, 0.3) is 5.91 Å². The Morgan fingerprint density at radius 2 is 1.91 bits per heavy atom. The first-order valence-electron chi connectivity index (χ1n) is 11.0. The largest absolute Gasteiger partial charge is 0.492 e. The second-order valence-corrected chi connectivity index (χ2v) is 9.59. The predicted molar refractivity (Wildman–Crippen MR) is 133 cm³/mol. The van der Waals surface area contributed by atoms with Crippen LogP contribution in [0.5, 0.6) is 5.75 Å². The highest BCUT2D eigenvalue weighted by molar-refractivity contribution is 6.36. The molecule has 4 rings (SSSR count). The Kier molecular flexibility index (Phi) is 7.26. The minimum absolute atomic E-state index is 0.127. The van der Waals surface area contributed by atoms with E-state index in [0.717, 1.165) is 0 Å². The average Bonchev–Trinajstić information content (AvgIpc) is 3.45. The van der Waals surface area contributed by atoms with Crippen LogP contribution in [0.1, 0.15) is 54.7 Å². The van der Waals surface area contributed by atoms with E-state index in [4.69, 9.17) is 44.1 Å².